The van der Waals surface area contributed by atoms with Gasteiger partial charge in [-0.1, -0.05) is 30.3 Å². The highest BCUT2D eigenvalue weighted by atomic mass is 16.5. The fraction of sp³-hybridized carbons (Fsp3) is 0.650. The number of benzene rings is 1. The van der Waals surface area contributed by atoms with E-state index in [9.17, 15) is 15.0 Å². The van der Waals surface area contributed by atoms with Crippen LogP contribution in [0.3, 0.4) is 0 Å². The first-order valence-corrected chi connectivity index (χ1v) is 9.06. The normalized spacial score (nSPS) is 17.6. The first kappa shape index (κ1) is 22.6. The van der Waals surface area contributed by atoms with Gasteiger partial charge in [-0.15, -0.1) is 0 Å². The van der Waals surface area contributed by atoms with Crippen LogP contribution < -0.4 is 5.32 Å². The summed E-state index contributed by atoms with van der Waals surface area (Å²) in [5.41, 5.74) is 0.377. The number of carbonyl (C=O) groups excluding carboxylic acids is 1. The third-order valence-corrected chi connectivity index (χ3v) is 4.41. The first-order chi connectivity index (χ1) is 12.3. The molecule has 1 heterocycles. The van der Waals surface area contributed by atoms with E-state index in [-0.39, 0.29) is 18.8 Å². The lowest BCUT2D eigenvalue weighted by molar-refractivity contribution is -0.138. The van der Waals surface area contributed by atoms with Crippen LogP contribution in [0.4, 0.5) is 0 Å². The zero-order valence-corrected chi connectivity index (χ0v) is 16.1. The molecule has 1 aliphatic heterocycles. The van der Waals surface area contributed by atoms with E-state index in [2.05, 4.69) is 10.1 Å². The van der Waals surface area contributed by atoms with Crippen LogP contribution in [0.2, 0.25) is 0 Å². The maximum Gasteiger partial charge on any atom is 0.293 e. The van der Waals surface area contributed by atoms with Gasteiger partial charge in [0.05, 0.1) is 25.9 Å². The second kappa shape index (κ2) is 11.3. The van der Waals surface area contributed by atoms with E-state index >= 15 is 0 Å². The fourth-order valence-electron chi connectivity index (χ4n) is 2.71. The molecule has 2 rings (SSSR count). The minimum atomic E-state index is -0.608. The van der Waals surface area contributed by atoms with Gasteiger partial charge in [-0.2, -0.15) is 0 Å². The van der Waals surface area contributed by atoms with Crippen LogP contribution in [0, 0.1) is 5.41 Å². The third kappa shape index (κ3) is 8.27. The van der Waals surface area contributed by atoms with Crippen LogP contribution in [0.25, 0.3) is 0 Å². The summed E-state index contributed by atoms with van der Waals surface area (Å²) in [6.07, 6.45) is 0.974. The summed E-state index contributed by atoms with van der Waals surface area (Å²) in [6, 6.07) is 9.90. The molecule has 3 N–H and O–H groups in total. The van der Waals surface area contributed by atoms with Gasteiger partial charge in [-0.05, 0) is 52.3 Å². The van der Waals surface area contributed by atoms with E-state index in [0.29, 0.717) is 13.1 Å². The molecule has 6 nitrogen and oxygen atoms in total. The van der Waals surface area contributed by atoms with Gasteiger partial charge in [0.2, 0.25) is 0 Å². The standard InChI is InChI=1S/C15H23NO3.C5H10O2/c17-12-15(6-8-16-9-7-15)14(18)11-19-10-13-4-2-1-3-5-13;1-5(2,3)7-4-6/h1-5,14,16-18H,6-12H2;4H,1-3H3. The second-order valence-corrected chi connectivity index (χ2v) is 7.61. The first-order valence-electron chi connectivity index (χ1n) is 9.06. The van der Waals surface area contributed by atoms with Crippen molar-refractivity contribution in [2.24, 2.45) is 5.41 Å². The SMILES string of the molecule is CC(C)(C)OC=O.OCC1(C(O)COCc2ccccc2)CCNCC1. The van der Waals surface area contributed by atoms with Gasteiger partial charge in [0, 0.05) is 5.41 Å². The fourth-order valence-corrected chi connectivity index (χ4v) is 2.71. The lowest BCUT2D eigenvalue weighted by Gasteiger charge is -2.39. The number of carbonyl (C=O) groups is 1. The Bertz CT molecular complexity index is 495. The van der Waals surface area contributed by atoms with E-state index in [1.807, 2.05) is 51.1 Å². The summed E-state index contributed by atoms with van der Waals surface area (Å²) in [5.74, 6) is 0. The number of aliphatic hydroxyl groups is 2. The van der Waals surface area contributed by atoms with E-state index in [0.717, 1.165) is 31.5 Å². The monoisotopic (exact) mass is 367 g/mol. The van der Waals surface area contributed by atoms with Crippen molar-refractivity contribution < 1.29 is 24.5 Å². The topological polar surface area (TPSA) is 88.0 Å². The second-order valence-electron chi connectivity index (χ2n) is 7.61. The quantitative estimate of drug-likeness (QED) is 0.638. The highest BCUT2D eigenvalue weighted by Gasteiger charge is 2.38. The Hall–Kier alpha value is -1.47. The van der Waals surface area contributed by atoms with Gasteiger partial charge in [0.25, 0.3) is 6.47 Å². The Morgan fingerprint density at radius 2 is 1.85 bits per heavy atom. The molecule has 6 heteroatoms. The number of hydrogen-bond acceptors (Lipinski definition) is 6. The van der Waals surface area contributed by atoms with E-state index < -0.39 is 11.5 Å². The zero-order chi connectivity index (χ0) is 19.5. The molecule has 0 aliphatic carbocycles. The van der Waals surface area contributed by atoms with Gasteiger partial charge in [0.15, 0.2) is 0 Å². The van der Waals surface area contributed by atoms with Gasteiger partial charge in [-0.3, -0.25) is 4.79 Å². The van der Waals surface area contributed by atoms with Crippen molar-refractivity contribution in [2.75, 3.05) is 26.3 Å². The summed E-state index contributed by atoms with van der Waals surface area (Å²) in [6.45, 7) is 8.40. The number of piperidine rings is 1. The summed E-state index contributed by atoms with van der Waals surface area (Å²) >= 11 is 0. The highest BCUT2D eigenvalue weighted by molar-refractivity contribution is 5.37. The molecule has 1 unspecified atom stereocenters. The number of nitrogens with one attached hydrogen (secondary N) is 1. The Morgan fingerprint density at radius 3 is 2.31 bits per heavy atom. The smallest absolute Gasteiger partial charge is 0.293 e. The lowest BCUT2D eigenvalue weighted by atomic mass is 9.75. The van der Waals surface area contributed by atoms with Crippen LogP contribution >= 0.6 is 0 Å². The molecule has 26 heavy (non-hydrogen) atoms. The van der Waals surface area contributed by atoms with Crippen molar-refractivity contribution in [1.82, 2.24) is 5.32 Å². The maximum absolute atomic E-state index is 10.3. The third-order valence-electron chi connectivity index (χ3n) is 4.41. The molecule has 1 aromatic carbocycles. The molecule has 0 spiro atoms. The molecule has 1 saturated heterocycles. The molecule has 1 aliphatic rings. The number of ether oxygens (including phenoxy) is 2. The summed E-state index contributed by atoms with van der Waals surface area (Å²) in [5, 5.41) is 23.1. The van der Waals surface area contributed by atoms with Gasteiger partial charge < -0.3 is 25.0 Å². The minimum absolute atomic E-state index is 0.0184. The molecule has 0 radical (unpaired) electrons. The summed E-state index contributed by atoms with van der Waals surface area (Å²) in [7, 11) is 0. The predicted octanol–water partition coefficient (Wildman–Crippen LogP) is 1.88. The molecule has 0 bridgehead atoms. The highest BCUT2D eigenvalue weighted by Crippen LogP contribution is 2.32. The van der Waals surface area contributed by atoms with E-state index in [1.54, 1.807) is 0 Å². The molecule has 148 valence electrons. The van der Waals surface area contributed by atoms with Crippen LogP contribution in [-0.2, 0) is 20.9 Å². The van der Waals surface area contributed by atoms with Crippen molar-refractivity contribution in [3.63, 3.8) is 0 Å². The van der Waals surface area contributed by atoms with Gasteiger partial charge in [0.1, 0.15) is 5.60 Å². The van der Waals surface area contributed by atoms with Crippen molar-refractivity contribution >= 4 is 6.47 Å². The molecule has 1 aromatic rings. The maximum atomic E-state index is 10.3. The van der Waals surface area contributed by atoms with Crippen LogP contribution in [0.1, 0.15) is 39.2 Å². The van der Waals surface area contributed by atoms with Gasteiger partial charge in [-0.25, -0.2) is 0 Å². The van der Waals surface area contributed by atoms with E-state index in [1.165, 1.54) is 0 Å². The molecule has 0 amide bonds. The van der Waals surface area contributed by atoms with Crippen LogP contribution in [-0.4, -0.2) is 54.7 Å². The van der Waals surface area contributed by atoms with Crippen LogP contribution in [0.15, 0.2) is 30.3 Å². The molecule has 0 aromatic heterocycles. The summed E-state index contributed by atoms with van der Waals surface area (Å²) in [4.78, 5) is 9.60. The van der Waals surface area contributed by atoms with Crippen molar-refractivity contribution in [1.29, 1.82) is 0 Å². The van der Waals surface area contributed by atoms with Gasteiger partial charge >= 0.3 is 0 Å². The Balaban J connectivity index is 0.000000412. The Labute approximate surface area is 156 Å². The van der Waals surface area contributed by atoms with Crippen molar-refractivity contribution in [3.8, 4) is 0 Å². The number of rotatable bonds is 7. The summed E-state index contributed by atoms with van der Waals surface area (Å²) < 4.78 is 10.1. The number of aliphatic hydroxyl groups excluding tert-OH is 2. The number of hydrogen-bond donors (Lipinski definition) is 3. The average molecular weight is 367 g/mol. The predicted molar refractivity (Wildman–Crippen MR) is 101 cm³/mol. The Morgan fingerprint density at radius 1 is 1.23 bits per heavy atom. The minimum Gasteiger partial charge on any atom is -0.462 e. The Kier molecular flexibility index (Phi) is 9.80. The molecule has 1 fully saturated rings. The molecule has 0 saturated carbocycles. The molecular formula is C20H33NO5. The zero-order valence-electron chi connectivity index (χ0n) is 16.1. The van der Waals surface area contributed by atoms with Crippen molar-refractivity contribution in [2.45, 2.75) is 51.9 Å². The average Bonchev–Trinajstić information content (AvgIpc) is 2.62. The molecule has 1 atom stereocenters. The largest absolute Gasteiger partial charge is 0.462 e. The van der Waals surface area contributed by atoms with E-state index in [4.69, 9.17) is 4.74 Å². The van der Waals surface area contributed by atoms with Crippen LogP contribution in [0.5, 0.6) is 0 Å². The lowest BCUT2D eigenvalue weighted by Crippen LogP contribution is -2.48. The van der Waals surface area contributed by atoms with Crippen molar-refractivity contribution in [3.05, 3.63) is 35.9 Å². The molecular weight excluding hydrogens is 334 g/mol.